The maximum atomic E-state index is 5.65. The summed E-state index contributed by atoms with van der Waals surface area (Å²) < 4.78 is 9.54. The van der Waals surface area contributed by atoms with E-state index < -0.39 is 0 Å². The zero-order valence-corrected chi connectivity index (χ0v) is 71.3. The summed E-state index contributed by atoms with van der Waals surface area (Å²) in [5.74, 6) is 0.635. The number of hydrogen-bond donors (Lipinski definition) is 0. The van der Waals surface area contributed by atoms with Gasteiger partial charge < -0.3 is 13.7 Å². The third-order valence-corrected chi connectivity index (χ3v) is 27.9. The van der Waals surface area contributed by atoms with E-state index >= 15 is 0 Å². The van der Waals surface area contributed by atoms with Gasteiger partial charge in [0.15, 0.2) is 0 Å². The number of para-hydroxylation sites is 2. The minimum absolute atomic E-state index is 0.635. The molecule has 0 saturated heterocycles. The van der Waals surface area contributed by atoms with Crippen LogP contribution >= 0.6 is 0 Å². The van der Waals surface area contributed by atoms with E-state index in [1.165, 1.54) is 87.3 Å². The lowest BCUT2D eigenvalue weighted by molar-refractivity contribution is 0.999. The Morgan fingerprint density at radius 3 is 0.841 bits per heavy atom. The predicted molar refractivity (Wildman–Crippen MR) is 548 cm³/mol. The molecular formula is C124H74N8. The molecule has 0 fully saturated rings. The maximum absolute atomic E-state index is 5.65. The minimum atomic E-state index is 0.635. The molecule has 0 bridgehead atoms. The molecule has 0 N–H and O–H groups in total. The van der Waals surface area contributed by atoms with Crippen LogP contribution in [0.3, 0.4) is 0 Å². The van der Waals surface area contributed by atoms with E-state index in [2.05, 4.69) is 461 Å². The summed E-state index contributed by atoms with van der Waals surface area (Å²) in [6.45, 7) is 0. The van der Waals surface area contributed by atoms with Crippen LogP contribution in [-0.2, 0) is 0 Å². The van der Waals surface area contributed by atoms with Gasteiger partial charge in [-0.2, -0.15) is 0 Å². The molecule has 0 spiro atoms. The van der Waals surface area contributed by atoms with Crippen molar-refractivity contribution in [1.29, 1.82) is 0 Å². The normalized spacial score (nSPS) is 12.1. The van der Waals surface area contributed by atoms with Crippen LogP contribution in [0.2, 0.25) is 0 Å². The van der Waals surface area contributed by atoms with Gasteiger partial charge in [0.05, 0.1) is 66.9 Å². The number of hydrogen-bond acceptors (Lipinski definition) is 4. The Morgan fingerprint density at radius 1 is 0.159 bits per heavy atom. The second-order valence-corrected chi connectivity index (χ2v) is 35.1. The fourth-order valence-electron chi connectivity index (χ4n) is 21.9. The highest BCUT2D eigenvalue weighted by Crippen LogP contribution is 2.54. The van der Waals surface area contributed by atoms with E-state index in [9.17, 15) is 0 Å². The van der Waals surface area contributed by atoms with Crippen molar-refractivity contribution in [3.63, 3.8) is 0 Å². The van der Waals surface area contributed by atoms with Crippen LogP contribution in [0.15, 0.2) is 449 Å². The molecule has 0 amide bonds. The van der Waals surface area contributed by atoms with Crippen LogP contribution in [0, 0.1) is 0 Å². The average molecular weight is 1680 g/mol. The van der Waals surface area contributed by atoms with Crippen LogP contribution in [-0.4, -0.2) is 38.2 Å². The molecule has 0 unspecified atom stereocenters. The van der Waals surface area contributed by atoms with Gasteiger partial charge in [0.25, 0.3) is 0 Å². The topological polar surface area (TPSA) is 71.3 Å². The van der Waals surface area contributed by atoms with Crippen molar-refractivity contribution in [2.24, 2.45) is 0 Å². The smallest absolute Gasteiger partial charge is 0.235 e. The van der Waals surface area contributed by atoms with Crippen molar-refractivity contribution in [2.75, 3.05) is 0 Å². The molecule has 8 nitrogen and oxygen atoms in total. The van der Waals surface area contributed by atoms with Crippen molar-refractivity contribution in [3.8, 4) is 168 Å². The SMILES string of the molecule is c1ccc(-c2ccc3c(c2)c2cc(-c4ccc5c(c4)c4cc(-c6ccccc6)ccc4n5-c4ccc(-c5ncnc6c5-c5cccc7cc(-c8ccc(-c9ccc%10c(c9)c9cc(-c%11ccc%12c(c%11)c%11cc(-c%13ccccc%13)ccc%11n%12-c%11nc(-c%12ccccc%12)c%12c(n%11)-c%11cccc%13cccc-%12c%11%13)ccc9n%10-c9ccccc9)cc8)cc-6c57)cc4)ccc2n3-c2ccccc2)cc1. The highest BCUT2D eigenvalue weighted by atomic mass is 15.2. The fourth-order valence-corrected chi connectivity index (χ4v) is 21.9. The first-order valence-corrected chi connectivity index (χ1v) is 45.2. The Balaban J connectivity index is 0.513. The number of benzene rings is 20. The zero-order chi connectivity index (χ0) is 86.3. The molecule has 0 atom stereocenters. The monoisotopic (exact) mass is 1670 g/mol. The molecular weight excluding hydrogens is 1600 g/mol. The summed E-state index contributed by atoms with van der Waals surface area (Å²) in [7, 11) is 0. The third kappa shape index (κ3) is 11.3. The highest BCUT2D eigenvalue weighted by Gasteiger charge is 2.32. The fraction of sp³-hybridized carbons (Fsp3) is 0. The molecule has 20 aromatic carbocycles. The van der Waals surface area contributed by atoms with Crippen molar-refractivity contribution in [3.05, 3.63) is 449 Å². The molecule has 132 heavy (non-hydrogen) atoms. The second-order valence-electron chi connectivity index (χ2n) is 35.1. The highest BCUT2D eigenvalue weighted by molar-refractivity contribution is 6.21. The lowest BCUT2D eigenvalue weighted by Crippen LogP contribution is -2.05. The first-order chi connectivity index (χ1) is 65.4. The van der Waals surface area contributed by atoms with E-state index in [0.717, 1.165) is 184 Å². The Labute approximate surface area is 759 Å². The van der Waals surface area contributed by atoms with Crippen LogP contribution in [0.5, 0.6) is 0 Å². The van der Waals surface area contributed by atoms with Gasteiger partial charge in [-0.1, -0.05) is 297 Å². The standard InChI is InChI=1S/C124H74N8/c1-7-22-75(23-8-1)83-46-56-108-99(65-83)102-69-87(50-59-110(102)129(108)93-33-15-5-16-34-93)88-52-61-113-104(71-88)100-66-84(76-24-9-2-10-25-76)47-57-112(100)131(113)95-54-44-82(45-55-95)120-118-97-38-21-32-91-64-92(73-107(117(91)97)122(118)126-74-125-120)79-42-40-78(41-43-79)86-48-58-109-101(68-86)103-70-89(51-60-111(103)130(109)94-35-17-6-18-36-94)90-53-63-115-106(72-90)105-67-85(77-26-11-3-12-27-77)49-62-114(105)132(115)124-127-121(81-28-13-4-14-29-81)119-96-37-19-30-80-31-20-39-98(116(80)96)123(119)128-124/h1-74H. The number of aromatic nitrogens is 8. The number of rotatable bonds is 13. The summed E-state index contributed by atoms with van der Waals surface area (Å²) in [6.07, 6.45) is 1.75. The second kappa shape index (κ2) is 28.9. The Bertz CT molecular complexity index is 9330. The van der Waals surface area contributed by atoms with Crippen LogP contribution in [0.25, 0.3) is 277 Å². The molecule has 26 aromatic rings. The van der Waals surface area contributed by atoms with Crippen molar-refractivity contribution < 1.29 is 0 Å². The van der Waals surface area contributed by atoms with Gasteiger partial charge in [-0.25, -0.2) is 19.9 Å². The van der Waals surface area contributed by atoms with Gasteiger partial charge in [-0.05, 0) is 256 Å². The molecule has 6 heterocycles. The molecule has 2 aliphatic carbocycles. The Morgan fingerprint density at radius 2 is 0.439 bits per heavy atom. The van der Waals surface area contributed by atoms with Crippen LogP contribution in [0.4, 0.5) is 0 Å². The van der Waals surface area contributed by atoms with Crippen LogP contribution < -0.4 is 0 Å². The quantitative estimate of drug-likeness (QED) is 0.115. The molecule has 8 heteroatoms. The van der Waals surface area contributed by atoms with Gasteiger partial charge in [-0.3, -0.25) is 4.57 Å². The van der Waals surface area contributed by atoms with E-state index in [-0.39, 0.29) is 0 Å². The predicted octanol–water partition coefficient (Wildman–Crippen LogP) is 32.3. The van der Waals surface area contributed by atoms with Gasteiger partial charge in [0.2, 0.25) is 5.95 Å². The molecule has 28 rings (SSSR count). The molecule has 2 aliphatic rings. The summed E-state index contributed by atoms with van der Waals surface area (Å²) in [5.41, 5.74) is 40.9. The number of fused-ring (bicyclic) bond motifs is 18. The largest absolute Gasteiger partial charge is 0.309 e. The van der Waals surface area contributed by atoms with E-state index in [1.807, 2.05) is 0 Å². The summed E-state index contributed by atoms with van der Waals surface area (Å²) >= 11 is 0. The lowest BCUT2D eigenvalue weighted by Gasteiger charge is -2.14. The summed E-state index contributed by atoms with van der Waals surface area (Å²) in [4.78, 5) is 21.6. The zero-order valence-electron chi connectivity index (χ0n) is 71.3. The maximum Gasteiger partial charge on any atom is 0.235 e. The molecule has 610 valence electrons. The van der Waals surface area contributed by atoms with Crippen molar-refractivity contribution in [2.45, 2.75) is 0 Å². The first kappa shape index (κ1) is 73.5. The van der Waals surface area contributed by atoms with Gasteiger partial charge >= 0.3 is 0 Å². The van der Waals surface area contributed by atoms with E-state index in [0.29, 0.717) is 5.95 Å². The lowest BCUT2D eigenvalue weighted by atomic mass is 9.95. The first-order valence-electron chi connectivity index (χ1n) is 45.2. The molecule has 0 aliphatic heterocycles. The van der Waals surface area contributed by atoms with Gasteiger partial charge in [0, 0.05) is 93.5 Å². The summed E-state index contributed by atoms with van der Waals surface area (Å²) in [5, 5.41) is 14.2. The van der Waals surface area contributed by atoms with Gasteiger partial charge in [0.1, 0.15) is 6.33 Å². The van der Waals surface area contributed by atoms with Crippen molar-refractivity contribution in [1.82, 2.24) is 38.2 Å². The van der Waals surface area contributed by atoms with Crippen LogP contribution in [0.1, 0.15) is 0 Å². The van der Waals surface area contributed by atoms with Crippen molar-refractivity contribution >= 4 is 109 Å². The summed E-state index contributed by atoms with van der Waals surface area (Å²) in [6, 6.07) is 163. The molecule has 6 aromatic heterocycles. The average Bonchev–Trinajstić information content (AvgIpc) is 1.51. The molecule has 0 saturated carbocycles. The Kier molecular flexibility index (Phi) is 16.1. The van der Waals surface area contributed by atoms with Gasteiger partial charge in [-0.15, -0.1) is 0 Å². The molecule has 0 radical (unpaired) electrons. The third-order valence-electron chi connectivity index (χ3n) is 27.9. The Hall–Kier alpha value is -17.7. The van der Waals surface area contributed by atoms with E-state index in [1.54, 1.807) is 6.33 Å². The van der Waals surface area contributed by atoms with E-state index in [4.69, 9.17) is 19.9 Å². The number of nitrogens with zero attached hydrogens (tertiary/aromatic N) is 8. The minimum Gasteiger partial charge on any atom is -0.309 e.